The molecular weight excluding hydrogens is 320 g/mol. The lowest BCUT2D eigenvalue weighted by Gasteiger charge is -2.21. The van der Waals surface area contributed by atoms with Crippen LogP contribution in [0.3, 0.4) is 0 Å². The molecule has 1 N–H and O–H groups in total. The fourth-order valence-corrected chi connectivity index (χ4v) is 2.95. The van der Waals surface area contributed by atoms with E-state index in [0.717, 1.165) is 11.3 Å². The second-order valence-electron chi connectivity index (χ2n) is 6.78. The van der Waals surface area contributed by atoms with Gasteiger partial charge >= 0.3 is 5.97 Å². The van der Waals surface area contributed by atoms with E-state index < -0.39 is 11.5 Å². The Bertz CT molecular complexity index is 926. The highest BCUT2D eigenvalue weighted by atomic mass is 16.5. The topological polar surface area (TPSA) is 85.6 Å². The Morgan fingerprint density at radius 3 is 2.60 bits per heavy atom. The van der Waals surface area contributed by atoms with Gasteiger partial charge in [0.15, 0.2) is 0 Å². The summed E-state index contributed by atoms with van der Waals surface area (Å²) in [5.74, 6) is 0.500. The van der Waals surface area contributed by atoms with Gasteiger partial charge in [-0.25, -0.2) is 9.78 Å². The maximum Gasteiger partial charge on any atom is 0.340 e. The van der Waals surface area contributed by atoms with E-state index in [4.69, 9.17) is 4.74 Å². The van der Waals surface area contributed by atoms with E-state index in [1.54, 1.807) is 13.0 Å². The van der Waals surface area contributed by atoms with E-state index in [0.29, 0.717) is 22.5 Å². The number of ether oxygens (including phenoxy) is 1. The van der Waals surface area contributed by atoms with Crippen LogP contribution in [0.2, 0.25) is 0 Å². The van der Waals surface area contributed by atoms with Gasteiger partial charge in [-0.05, 0) is 31.9 Å². The first-order valence-corrected chi connectivity index (χ1v) is 8.16. The average Bonchev–Trinajstić information content (AvgIpc) is 3.04. The number of carbonyl (C=O) groups is 2. The zero-order chi connectivity index (χ0) is 18.5. The third kappa shape index (κ3) is 2.42. The van der Waals surface area contributed by atoms with E-state index in [2.05, 4.69) is 15.3 Å². The molecule has 0 saturated carbocycles. The highest BCUT2D eigenvalue weighted by Gasteiger charge is 2.43. The molecule has 1 unspecified atom stereocenters. The molecule has 1 aromatic heterocycles. The van der Waals surface area contributed by atoms with Crippen LogP contribution in [0.25, 0.3) is 11.0 Å². The minimum absolute atomic E-state index is 0.0207. The molecule has 0 radical (unpaired) electrons. The van der Waals surface area contributed by atoms with Crippen molar-refractivity contribution >= 4 is 28.7 Å². The van der Waals surface area contributed by atoms with Crippen LogP contribution in [0.5, 0.6) is 0 Å². The van der Waals surface area contributed by atoms with Crippen LogP contribution in [0.1, 0.15) is 42.5 Å². The molecule has 1 aliphatic heterocycles. The molecular formula is C18H22N4O3. The van der Waals surface area contributed by atoms with Gasteiger partial charge < -0.3 is 14.6 Å². The number of benzene rings is 1. The van der Waals surface area contributed by atoms with Gasteiger partial charge in [-0.15, -0.1) is 0 Å². The lowest BCUT2D eigenvalue weighted by atomic mass is 9.89. The lowest BCUT2D eigenvalue weighted by molar-refractivity contribution is -0.124. The van der Waals surface area contributed by atoms with Gasteiger partial charge in [-0.1, -0.05) is 13.8 Å². The van der Waals surface area contributed by atoms with Crippen molar-refractivity contribution in [1.29, 1.82) is 0 Å². The number of nitrogens with one attached hydrogen (secondary N) is 1. The monoisotopic (exact) mass is 342 g/mol. The smallest absolute Gasteiger partial charge is 0.340 e. The first-order chi connectivity index (χ1) is 11.7. The van der Waals surface area contributed by atoms with Crippen LogP contribution < -0.4 is 5.32 Å². The summed E-state index contributed by atoms with van der Waals surface area (Å²) < 4.78 is 6.87. The molecule has 1 atom stereocenters. The summed E-state index contributed by atoms with van der Waals surface area (Å²) in [6, 6.07) is 3.65. The molecule has 1 amide bonds. The Kier molecular flexibility index (Phi) is 3.89. The molecule has 3 rings (SSSR count). The number of nitrogens with zero attached hydrogens (tertiary/aromatic N) is 3. The molecule has 25 heavy (non-hydrogen) atoms. The molecule has 1 aliphatic rings. The van der Waals surface area contributed by atoms with E-state index in [1.165, 1.54) is 7.11 Å². The van der Waals surface area contributed by atoms with Crippen LogP contribution in [-0.4, -0.2) is 39.9 Å². The van der Waals surface area contributed by atoms with E-state index in [-0.39, 0.29) is 11.8 Å². The number of carbonyl (C=O) groups excluding carboxylic acids is 2. The summed E-state index contributed by atoms with van der Waals surface area (Å²) in [5.41, 5.74) is 1.33. The number of rotatable bonds is 3. The molecule has 0 fully saturated rings. The zero-order valence-electron chi connectivity index (χ0n) is 15.3. The largest absolute Gasteiger partial charge is 0.465 e. The Hall–Kier alpha value is -2.70. The van der Waals surface area contributed by atoms with Crippen molar-refractivity contribution < 1.29 is 14.3 Å². The fourth-order valence-electron chi connectivity index (χ4n) is 2.95. The molecule has 0 aliphatic carbocycles. The maximum absolute atomic E-state index is 12.5. The number of amidine groups is 1. The number of esters is 1. The maximum atomic E-state index is 12.5. The van der Waals surface area contributed by atoms with Gasteiger partial charge in [0, 0.05) is 12.6 Å². The van der Waals surface area contributed by atoms with Gasteiger partial charge in [-0.3, -0.25) is 9.79 Å². The number of hydrogen-bond acceptors (Lipinski definition) is 5. The predicted molar refractivity (Wildman–Crippen MR) is 94.7 cm³/mol. The molecule has 2 aromatic rings. The van der Waals surface area contributed by atoms with Crippen LogP contribution in [0.4, 0.5) is 0 Å². The number of aliphatic imine (C=N–C) groups is 1. The Labute approximate surface area is 146 Å². The quantitative estimate of drug-likeness (QED) is 0.864. The van der Waals surface area contributed by atoms with Crippen molar-refractivity contribution in [2.45, 2.75) is 33.2 Å². The third-order valence-corrected chi connectivity index (χ3v) is 5.08. The minimum Gasteiger partial charge on any atom is -0.465 e. The first kappa shape index (κ1) is 17.1. The zero-order valence-corrected chi connectivity index (χ0v) is 15.3. The molecule has 1 aromatic carbocycles. The highest BCUT2D eigenvalue weighted by Crippen LogP contribution is 2.30. The van der Waals surface area contributed by atoms with E-state index >= 15 is 0 Å². The van der Waals surface area contributed by atoms with Crippen molar-refractivity contribution in [3.8, 4) is 0 Å². The molecule has 7 nitrogen and oxygen atoms in total. The van der Waals surface area contributed by atoms with Crippen molar-refractivity contribution in [1.82, 2.24) is 14.9 Å². The van der Waals surface area contributed by atoms with Crippen molar-refractivity contribution in [3.63, 3.8) is 0 Å². The summed E-state index contributed by atoms with van der Waals surface area (Å²) in [7, 11) is 3.21. The Morgan fingerprint density at radius 1 is 1.36 bits per heavy atom. The highest BCUT2D eigenvalue weighted by molar-refractivity contribution is 6.21. The number of aromatic nitrogens is 2. The van der Waals surface area contributed by atoms with Crippen molar-refractivity contribution in [3.05, 3.63) is 29.1 Å². The van der Waals surface area contributed by atoms with Crippen LogP contribution in [0, 0.1) is 12.8 Å². The molecule has 7 heteroatoms. The number of hydrogen-bond donors (Lipinski definition) is 1. The fraction of sp³-hybridized carbons (Fsp3) is 0.444. The number of aryl methyl sites for hydroxylation is 2. The SMILES string of the molecule is COC(=O)c1c(C2=NC(C)(C(C)C)C(=O)N2)ccc2c1nc(C)n2C. The van der Waals surface area contributed by atoms with Crippen LogP contribution >= 0.6 is 0 Å². The van der Waals surface area contributed by atoms with Crippen molar-refractivity contribution in [2.24, 2.45) is 18.0 Å². The van der Waals surface area contributed by atoms with Gasteiger partial charge in [0.1, 0.15) is 22.7 Å². The van der Waals surface area contributed by atoms with E-state index in [1.807, 2.05) is 38.5 Å². The van der Waals surface area contributed by atoms with Gasteiger partial charge in [0.2, 0.25) is 0 Å². The number of methoxy groups -OCH3 is 1. The van der Waals surface area contributed by atoms with Crippen LogP contribution in [-0.2, 0) is 16.6 Å². The number of amides is 1. The summed E-state index contributed by atoms with van der Waals surface area (Å²) >= 11 is 0. The summed E-state index contributed by atoms with van der Waals surface area (Å²) in [5, 5.41) is 2.82. The lowest BCUT2D eigenvalue weighted by Crippen LogP contribution is -2.41. The molecule has 2 heterocycles. The normalized spacial score (nSPS) is 20.1. The molecule has 0 spiro atoms. The summed E-state index contributed by atoms with van der Waals surface area (Å²) in [4.78, 5) is 34.0. The average molecular weight is 342 g/mol. The van der Waals surface area contributed by atoms with Gasteiger partial charge in [-0.2, -0.15) is 0 Å². The molecule has 0 bridgehead atoms. The minimum atomic E-state index is -0.863. The van der Waals surface area contributed by atoms with Crippen molar-refractivity contribution in [2.75, 3.05) is 7.11 Å². The molecule has 132 valence electrons. The Balaban J connectivity index is 2.27. The first-order valence-electron chi connectivity index (χ1n) is 8.16. The summed E-state index contributed by atoms with van der Waals surface area (Å²) in [6.45, 7) is 7.55. The second kappa shape index (κ2) is 5.68. The summed E-state index contributed by atoms with van der Waals surface area (Å²) in [6.07, 6.45) is 0. The third-order valence-electron chi connectivity index (χ3n) is 5.08. The number of fused-ring (bicyclic) bond motifs is 1. The molecule has 0 saturated heterocycles. The van der Waals surface area contributed by atoms with Crippen LogP contribution in [0.15, 0.2) is 17.1 Å². The van der Waals surface area contributed by atoms with E-state index in [9.17, 15) is 9.59 Å². The second-order valence-corrected chi connectivity index (χ2v) is 6.78. The Morgan fingerprint density at radius 2 is 2.04 bits per heavy atom. The van der Waals surface area contributed by atoms with Gasteiger partial charge in [0.05, 0.1) is 18.2 Å². The standard InChI is InChI=1S/C18H22N4O3/c1-9(2)18(4)17(24)20-15(21-18)11-7-8-12-14(13(11)16(23)25-6)19-10(3)22(12)5/h7-9H,1-6H3,(H,20,21,24). The number of imidazole rings is 1. The van der Waals surface area contributed by atoms with Gasteiger partial charge in [0.25, 0.3) is 5.91 Å². The predicted octanol–water partition coefficient (Wildman–Crippen LogP) is 1.96.